The van der Waals surface area contributed by atoms with Gasteiger partial charge in [-0.05, 0) is 24.6 Å². The van der Waals surface area contributed by atoms with Crippen molar-refractivity contribution < 1.29 is 31.8 Å². The van der Waals surface area contributed by atoms with Gasteiger partial charge in [-0.1, -0.05) is 0 Å². The number of pyridine rings is 1. The fourth-order valence-corrected chi connectivity index (χ4v) is 6.16. The van der Waals surface area contributed by atoms with E-state index < -0.39 is 24.3 Å². The lowest BCUT2D eigenvalue weighted by Crippen LogP contribution is -2.31. The molecule has 6 rings (SSSR count). The number of nitrogen functional groups attached to an aromatic ring is 1. The third-order valence-electron chi connectivity index (χ3n) is 7.07. The Balaban J connectivity index is 1.41. The van der Waals surface area contributed by atoms with Gasteiger partial charge in [0.05, 0.1) is 41.5 Å². The smallest absolute Gasteiger partial charge is 0.345 e. The maximum absolute atomic E-state index is 16.3. The standard InChI is InChI=1S/C25H20F4N6O3S/c1-35-6-11(38-24(28)29)2-10(35)7-37-25-33-4-13-14-8-36-9-15(14)17(19(27)20(13)34-25)21-18-12(3-30)23(31)39-22(18)16(26)5-32-21/h4-5,10-11,24H,2,6-9,31H2,1H3/t10-,11+/m0/s1. The van der Waals surface area contributed by atoms with Crippen LogP contribution in [0.15, 0.2) is 12.4 Å². The topological polar surface area (TPSA) is 119 Å². The highest BCUT2D eigenvalue weighted by Gasteiger charge is 2.33. The number of hydrogen-bond donors (Lipinski definition) is 1. The Kier molecular flexibility index (Phi) is 6.46. The average Bonchev–Trinajstić information content (AvgIpc) is 3.60. The Morgan fingerprint density at radius 1 is 1.26 bits per heavy atom. The highest BCUT2D eigenvalue weighted by molar-refractivity contribution is 7.23. The molecule has 14 heteroatoms. The van der Waals surface area contributed by atoms with Crippen LogP contribution in [0.25, 0.3) is 32.2 Å². The molecule has 1 aromatic carbocycles. The number of ether oxygens (including phenoxy) is 3. The first-order valence-corrected chi connectivity index (χ1v) is 12.7. The summed E-state index contributed by atoms with van der Waals surface area (Å²) in [7, 11) is 1.77. The molecule has 2 aliphatic heterocycles. The molecule has 1 fully saturated rings. The van der Waals surface area contributed by atoms with Crippen LogP contribution in [0.4, 0.5) is 22.6 Å². The Labute approximate surface area is 222 Å². The lowest BCUT2D eigenvalue weighted by molar-refractivity contribution is -0.158. The minimum atomic E-state index is -2.86. The van der Waals surface area contributed by atoms with Gasteiger partial charge in [-0.3, -0.25) is 9.88 Å². The fraction of sp³-hybridized carbons (Fsp3) is 0.360. The second-order valence-corrected chi connectivity index (χ2v) is 10.4. The second-order valence-electron chi connectivity index (χ2n) is 9.32. The molecular formula is C25H20F4N6O3S. The van der Waals surface area contributed by atoms with E-state index >= 15 is 4.39 Å². The third kappa shape index (κ3) is 4.31. The number of nitrogens with zero attached hydrogens (tertiary/aromatic N) is 5. The second kappa shape index (κ2) is 9.83. The summed E-state index contributed by atoms with van der Waals surface area (Å²) in [5.41, 5.74) is 7.19. The normalized spacial score (nSPS) is 19.3. The van der Waals surface area contributed by atoms with Crippen molar-refractivity contribution in [1.29, 1.82) is 5.26 Å². The SMILES string of the molecule is CN1C[C@H](OC(F)F)C[C@H]1COc1ncc2c3c(c(-c4ncc(F)c5sc(N)c(C#N)c45)c(F)c2n1)COC3. The summed E-state index contributed by atoms with van der Waals surface area (Å²) >= 11 is 0.892. The Hall–Kier alpha value is -3.64. The summed E-state index contributed by atoms with van der Waals surface area (Å²) < 4.78 is 72.2. The molecule has 3 aromatic heterocycles. The number of thiophene rings is 1. The van der Waals surface area contributed by atoms with Crippen LogP contribution in [-0.2, 0) is 22.7 Å². The van der Waals surface area contributed by atoms with Crippen LogP contribution in [-0.4, -0.2) is 58.8 Å². The number of benzene rings is 1. The molecule has 0 aliphatic carbocycles. The van der Waals surface area contributed by atoms with Gasteiger partial charge < -0.3 is 19.9 Å². The number of likely N-dealkylation sites (tertiary alicyclic amines) is 1. The number of nitriles is 1. The molecule has 202 valence electrons. The van der Waals surface area contributed by atoms with Crippen LogP contribution in [0.3, 0.4) is 0 Å². The molecule has 0 radical (unpaired) electrons. The van der Waals surface area contributed by atoms with Gasteiger partial charge in [0.2, 0.25) is 0 Å². The van der Waals surface area contributed by atoms with Gasteiger partial charge in [0.1, 0.15) is 23.2 Å². The summed E-state index contributed by atoms with van der Waals surface area (Å²) in [6, 6.07) is 1.64. The molecule has 5 heterocycles. The van der Waals surface area contributed by atoms with E-state index in [0.29, 0.717) is 29.5 Å². The summed E-state index contributed by atoms with van der Waals surface area (Å²) in [5, 5.41) is 10.3. The van der Waals surface area contributed by atoms with Crippen molar-refractivity contribution in [3.8, 4) is 23.3 Å². The van der Waals surface area contributed by atoms with Crippen molar-refractivity contribution in [1.82, 2.24) is 19.9 Å². The Bertz CT molecular complexity index is 1660. The van der Waals surface area contributed by atoms with Gasteiger partial charge in [0.25, 0.3) is 0 Å². The van der Waals surface area contributed by atoms with Crippen molar-refractivity contribution >= 4 is 37.3 Å². The third-order valence-corrected chi connectivity index (χ3v) is 8.10. The van der Waals surface area contributed by atoms with E-state index in [9.17, 15) is 18.4 Å². The van der Waals surface area contributed by atoms with E-state index in [1.165, 1.54) is 6.20 Å². The Morgan fingerprint density at radius 3 is 2.82 bits per heavy atom. The minimum Gasteiger partial charge on any atom is -0.462 e. The zero-order valence-corrected chi connectivity index (χ0v) is 21.2. The quantitative estimate of drug-likeness (QED) is 0.343. The number of aromatic nitrogens is 3. The number of halogens is 4. The maximum atomic E-state index is 16.3. The molecule has 4 aromatic rings. The van der Waals surface area contributed by atoms with Crippen molar-refractivity contribution in [2.75, 3.05) is 25.9 Å². The first kappa shape index (κ1) is 25.6. The molecule has 9 nitrogen and oxygen atoms in total. The van der Waals surface area contributed by atoms with Gasteiger partial charge >= 0.3 is 12.6 Å². The summed E-state index contributed by atoms with van der Waals surface area (Å²) in [6.07, 6.45) is 2.11. The molecule has 0 unspecified atom stereocenters. The lowest BCUT2D eigenvalue weighted by Gasteiger charge is -2.18. The molecule has 0 spiro atoms. The van der Waals surface area contributed by atoms with Gasteiger partial charge in [-0.2, -0.15) is 19.0 Å². The van der Waals surface area contributed by atoms with E-state index in [2.05, 4.69) is 19.7 Å². The van der Waals surface area contributed by atoms with Crippen LogP contribution >= 0.6 is 11.3 Å². The molecule has 0 bridgehead atoms. The first-order chi connectivity index (χ1) is 18.8. The Morgan fingerprint density at radius 2 is 2.05 bits per heavy atom. The van der Waals surface area contributed by atoms with Crippen molar-refractivity contribution in [2.45, 2.75) is 38.4 Å². The average molecular weight is 561 g/mol. The molecule has 2 N–H and O–H groups in total. The molecule has 39 heavy (non-hydrogen) atoms. The van der Waals surface area contributed by atoms with E-state index in [-0.39, 0.29) is 69.3 Å². The summed E-state index contributed by atoms with van der Waals surface area (Å²) in [5.74, 6) is -1.42. The van der Waals surface area contributed by atoms with Gasteiger partial charge in [-0.15, -0.1) is 11.3 Å². The van der Waals surface area contributed by atoms with Crippen molar-refractivity contribution in [3.05, 3.63) is 40.7 Å². The molecule has 1 saturated heterocycles. The number of anilines is 1. The van der Waals surface area contributed by atoms with Crippen LogP contribution in [0, 0.1) is 23.0 Å². The largest absolute Gasteiger partial charge is 0.462 e. The summed E-state index contributed by atoms with van der Waals surface area (Å²) in [4.78, 5) is 14.5. The summed E-state index contributed by atoms with van der Waals surface area (Å²) in [6.45, 7) is -2.22. The fourth-order valence-electron chi connectivity index (χ4n) is 5.24. The van der Waals surface area contributed by atoms with E-state index in [1.54, 1.807) is 7.05 Å². The number of rotatable bonds is 6. The van der Waals surface area contributed by atoms with Crippen molar-refractivity contribution in [2.24, 2.45) is 0 Å². The monoisotopic (exact) mass is 560 g/mol. The predicted octanol–water partition coefficient (Wildman–Crippen LogP) is 4.36. The predicted molar refractivity (Wildman–Crippen MR) is 133 cm³/mol. The number of fused-ring (bicyclic) bond motifs is 4. The van der Waals surface area contributed by atoms with Crippen molar-refractivity contribution in [3.63, 3.8) is 0 Å². The van der Waals surface area contributed by atoms with Crippen LogP contribution in [0.2, 0.25) is 0 Å². The molecule has 2 atom stereocenters. The van der Waals surface area contributed by atoms with Gasteiger partial charge in [-0.25, -0.2) is 13.8 Å². The van der Waals surface area contributed by atoms with E-state index in [4.69, 9.17) is 15.2 Å². The molecular weight excluding hydrogens is 540 g/mol. The number of hydrogen-bond acceptors (Lipinski definition) is 10. The lowest BCUT2D eigenvalue weighted by atomic mass is 9.94. The van der Waals surface area contributed by atoms with Crippen LogP contribution in [0.1, 0.15) is 23.1 Å². The highest BCUT2D eigenvalue weighted by atomic mass is 32.1. The van der Waals surface area contributed by atoms with Crippen LogP contribution < -0.4 is 10.5 Å². The van der Waals surface area contributed by atoms with E-state index in [1.807, 2.05) is 11.0 Å². The number of likely N-dealkylation sites (N-methyl/N-ethyl adjacent to an activating group) is 1. The highest BCUT2D eigenvalue weighted by Crippen LogP contribution is 2.45. The van der Waals surface area contributed by atoms with Gasteiger partial charge in [0.15, 0.2) is 11.6 Å². The minimum absolute atomic E-state index is 0.0191. The molecule has 2 aliphatic rings. The van der Waals surface area contributed by atoms with Gasteiger partial charge in [0, 0.05) is 35.1 Å². The van der Waals surface area contributed by atoms with Crippen LogP contribution in [0.5, 0.6) is 6.01 Å². The molecule has 0 saturated carbocycles. The number of nitrogens with two attached hydrogens (primary N) is 1. The zero-order chi connectivity index (χ0) is 27.4. The first-order valence-electron chi connectivity index (χ1n) is 11.9. The van der Waals surface area contributed by atoms with E-state index in [0.717, 1.165) is 17.5 Å². The maximum Gasteiger partial charge on any atom is 0.345 e. The molecule has 0 amide bonds. The number of alkyl halides is 2. The zero-order valence-electron chi connectivity index (χ0n) is 20.4.